The number of hydrogen-bond acceptors (Lipinski definition) is 5. The van der Waals surface area contributed by atoms with Crippen molar-refractivity contribution in [2.45, 2.75) is 36.6 Å². The number of nitrogens with zero attached hydrogens (tertiary/aromatic N) is 1. The zero-order valence-corrected chi connectivity index (χ0v) is 19.2. The Morgan fingerprint density at radius 1 is 1.12 bits per heavy atom. The van der Waals surface area contributed by atoms with E-state index in [1.165, 1.54) is 24.8 Å². The van der Waals surface area contributed by atoms with Crippen LogP contribution in [0, 0.1) is 17.6 Å². The SMILES string of the molecule is COc1cccc(F)c1F.NSc1cc(NC(=O)C2CCCC(c3ccccc3)C2)ccn1. The minimum absolute atomic E-state index is 0.0658. The van der Waals surface area contributed by atoms with Crippen LogP contribution in [0.5, 0.6) is 5.75 Å². The van der Waals surface area contributed by atoms with Crippen LogP contribution in [0.15, 0.2) is 71.9 Å². The zero-order chi connectivity index (χ0) is 23.6. The summed E-state index contributed by atoms with van der Waals surface area (Å²) in [4.78, 5) is 16.7. The van der Waals surface area contributed by atoms with Gasteiger partial charge in [-0.05, 0) is 67.0 Å². The summed E-state index contributed by atoms with van der Waals surface area (Å²) in [6.07, 6.45) is 5.80. The third-order valence-corrected chi connectivity index (χ3v) is 6.04. The number of aromatic nitrogens is 1. The molecule has 8 heteroatoms. The fourth-order valence-corrected chi connectivity index (χ4v) is 4.21. The van der Waals surface area contributed by atoms with E-state index in [0.717, 1.165) is 49.4 Å². The monoisotopic (exact) mass is 471 g/mol. The van der Waals surface area contributed by atoms with Gasteiger partial charge < -0.3 is 10.1 Å². The van der Waals surface area contributed by atoms with Crippen molar-refractivity contribution in [1.29, 1.82) is 0 Å². The summed E-state index contributed by atoms with van der Waals surface area (Å²) in [6.45, 7) is 0. The predicted octanol–water partition coefficient (Wildman–Crippen LogP) is 5.93. The molecule has 2 unspecified atom stereocenters. The maximum atomic E-state index is 12.6. The van der Waals surface area contributed by atoms with Crippen LogP contribution in [0.4, 0.5) is 14.5 Å². The van der Waals surface area contributed by atoms with Crippen molar-refractivity contribution in [2.24, 2.45) is 11.1 Å². The van der Waals surface area contributed by atoms with Crippen molar-refractivity contribution in [3.8, 4) is 5.75 Å². The minimum Gasteiger partial charge on any atom is -0.494 e. The first-order valence-corrected chi connectivity index (χ1v) is 11.6. The van der Waals surface area contributed by atoms with Crippen LogP contribution in [0.3, 0.4) is 0 Å². The molecule has 1 aromatic heterocycles. The maximum absolute atomic E-state index is 12.6. The average molecular weight is 472 g/mol. The Bertz CT molecular complexity index is 1050. The van der Waals surface area contributed by atoms with Crippen molar-refractivity contribution in [1.82, 2.24) is 4.98 Å². The number of methoxy groups -OCH3 is 1. The van der Waals surface area contributed by atoms with E-state index in [2.05, 4.69) is 39.3 Å². The lowest BCUT2D eigenvalue weighted by atomic mass is 9.77. The Kier molecular flexibility index (Phi) is 9.21. The van der Waals surface area contributed by atoms with Crippen molar-refractivity contribution in [3.63, 3.8) is 0 Å². The fraction of sp³-hybridized carbons (Fsp3) is 0.280. The van der Waals surface area contributed by atoms with Gasteiger partial charge in [0.1, 0.15) is 5.03 Å². The lowest BCUT2D eigenvalue weighted by Gasteiger charge is -2.28. The van der Waals surface area contributed by atoms with Crippen molar-refractivity contribution >= 4 is 23.5 Å². The summed E-state index contributed by atoms with van der Waals surface area (Å²) >= 11 is 1.08. The first-order chi connectivity index (χ1) is 16.0. The second-order valence-corrected chi connectivity index (χ2v) is 8.37. The summed E-state index contributed by atoms with van der Waals surface area (Å²) in [6, 6.07) is 17.9. The highest BCUT2D eigenvalue weighted by Gasteiger charge is 2.28. The molecule has 0 aliphatic heterocycles. The molecule has 1 aliphatic carbocycles. The lowest BCUT2D eigenvalue weighted by Crippen LogP contribution is -2.27. The number of ether oxygens (including phenoxy) is 1. The molecular weight excluding hydrogens is 444 g/mol. The molecule has 174 valence electrons. The zero-order valence-electron chi connectivity index (χ0n) is 18.3. The van der Waals surface area contributed by atoms with E-state index in [4.69, 9.17) is 5.14 Å². The second-order valence-electron chi connectivity index (χ2n) is 7.72. The van der Waals surface area contributed by atoms with E-state index in [0.29, 0.717) is 10.9 Å². The summed E-state index contributed by atoms with van der Waals surface area (Å²) in [5, 5.41) is 9.23. The van der Waals surface area contributed by atoms with E-state index in [-0.39, 0.29) is 17.6 Å². The molecule has 0 radical (unpaired) electrons. The number of rotatable bonds is 5. The maximum Gasteiger partial charge on any atom is 0.227 e. The van der Waals surface area contributed by atoms with Gasteiger partial charge in [-0.3, -0.25) is 9.93 Å². The molecule has 0 spiro atoms. The molecule has 3 aromatic rings. The Labute approximate surface area is 196 Å². The van der Waals surface area contributed by atoms with Crippen molar-refractivity contribution in [3.05, 3.63) is 84.1 Å². The second kappa shape index (κ2) is 12.3. The van der Waals surface area contributed by atoms with E-state index in [1.54, 1.807) is 18.3 Å². The van der Waals surface area contributed by atoms with Gasteiger partial charge in [0, 0.05) is 17.8 Å². The smallest absolute Gasteiger partial charge is 0.227 e. The summed E-state index contributed by atoms with van der Waals surface area (Å²) in [7, 11) is 1.29. The Balaban J connectivity index is 0.000000257. The predicted molar refractivity (Wildman–Crippen MR) is 127 cm³/mol. The standard InChI is InChI=1S/C18H21N3OS.C7H6F2O/c19-23-17-12-16(9-10-20-17)21-18(22)15-8-4-7-14(11-15)13-5-2-1-3-6-13;1-10-6-4-2-3-5(8)7(6)9/h1-3,5-6,9-10,12,14-15H,4,7-8,11,19H2,(H,20,21,22);2-4H,1H3. The largest absolute Gasteiger partial charge is 0.494 e. The molecule has 1 amide bonds. The fourth-order valence-electron chi connectivity index (χ4n) is 3.89. The number of nitrogens with two attached hydrogens (primary N) is 1. The topological polar surface area (TPSA) is 77.2 Å². The number of amides is 1. The van der Waals surface area contributed by atoms with E-state index in [1.807, 2.05) is 6.07 Å². The molecule has 1 saturated carbocycles. The van der Waals surface area contributed by atoms with Gasteiger partial charge in [-0.2, -0.15) is 4.39 Å². The Morgan fingerprint density at radius 3 is 2.61 bits per heavy atom. The van der Waals surface area contributed by atoms with Crippen LogP contribution < -0.4 is 15.2 Å². The van der Waals surface area contributed by atoms with Gasteiger partial charge in [-0.25, -0.2) is 9.37 Å². The number of carbonyl (C=O) groups excluding carboxylic acids is 1. The first kappa shape index (κ1) is 24.7. The molecule has 1 heterocycles. The van der Waals surface area contributed by atoms with Crippen LogP contribution in [0.25, 0.3) is 0 Å². The molecule has 5 nitrogen and oxygen atoms in total. The molecule has 0 bridgehead atoms. The van der Waals surface area contributed by atoms with E-state index >= 15 is 0 Å². The summed E-state index contributed by atoms with van der Waals surface area (Å²) in [5.74, 6) is -1.25. The third kappa shape index (κ3) is 7.00. The number of halogens is 2. The summed E-state index contributed by atoms with van der Waals surface area (Å²) < 4.78 is 29.3. The van der Waals surface area contributed by atoms with Crippen LogP contribution in [0.2, 0.25) is 0 Å². The Hall–Kier alpha value is -2.97. The molecule has 3 N–H and O–H groups in total. The highest BCUT2D eigenvalue weighted by atomic mass is 32.2. The third-order valence-electron chi connectivity index (χ3n) is 5.58. The van der Waals surface area contributed by atoms with Crippen LogP contribution in [-0.4, -0.2) is 18.0 Å². The Morgan fingerprint density at radius 2 is 1.91 bits per heavy atom. The molecule has 0 saturated heterocycles. The van der Waals surface area contributed by atoms with Gasteiger partial charge in [-0.1, -0.05) is 42.8 Å². The lowest BCUT2D eigenvalue weighted by molar-refractivity contribution is -0.120. The highest BCUT2D eigenvalue weighted by Crippen LogP contribution is 2.36. The molecule has 1 aliphatic rings. The summed E-state index contributed by atoms with van der Waals surface area (Å²) in [5.41, 5.74) is 2.11. The van der Waals surface area contributed by atoms with Crippen LogP contribution >= 0.6 is 11.9 Å². The molecule has 2 aromatic carbocycles. The van der Waals surface area contributed by atoms with Gasteiger partial charge in [-0.15, -0.1) is 0 Å². The van der Waals surface area contributed by atoms with Crippen molar-refractivity contribution in [2.75, 3.05) is 12.4 Å². The number of benzene rings is 2. The highest BCUT2D eigenvalue weighted by molar-refractivity contribution is 7.97. The molecule has 2 atom stereocenters. The number of hydrogen-bond donors (Lipinski definition) is 2. The molecular formula is C25H27F2N3O2S. The van der Waals surface area contributed by atoms with Gasteiger partial charge >= 0.3 is 0 Å². The average Bonchev–Trinajstić information content (AvgIpc) is 2.87. The first-order valence-electron chi connectivity index (χ1n) is 10.7. The van der Waals surface area contributed by atoms with Crippen LogP contribution in [0.1, 0.15) is 37.2 Å². The number of carbonyl (C=O) groups is 1. The molecule has 33 heavy (non-hydrogen) atoms. The van der Waals surface area contributed by atoms with E-state index < -0.39 is 11.6 Å². The van der Waals surface area contributed by atoms with Crippen LogP contribution in [-0.2, 0) is 4.79 Å². The van der Waals surface area contributed by atoms with E-state index in [9.17, 15) is 13.6 Å². The van der Waals surface area contributed by atoms with Gasteiger partial charge in [0.2, 0.25) is 11.7 Å². The number of nitrogens with one attached hydrogen (secondary N) is 1. The normalized spacial score (nSPS) is 17.5. The van der Waals surface area contributed by atoms with Gasteiger partial charge in [0.25, 0.3) is 0 Å². The number of anilines is 1. The van der Waals surface area contributed by atoms with Gasteiger partial charge in [0.05, 0.1) is 7.11 Å². The minimum atomic E-state index is -0.940. The quantitative estimate of drug-likeness (QED) is 0.451. The number of pyridine rings is 1. The van der Waals surface area contributed by atoms with Crippen molar-refractivity contribution < 1.29 is 18.3 Å². The molecule has 1 fully saturated rings. The van der Waals surface area contributed by atoms with Gasteiger partial charge in [0.15, 0.2) is 11.6 Å². The molecule has 4 rings (SSSR count).